The van der Waals surface area contributed by atoms with Crippen molar-refractivity contribution in [2.24, 2.45) is 0 Å². The second-order valence-electron chi connectivity index (χ2n) is 5.77. The lowest BCUT2D eigenvalue weighted by molar-refractivity contribution is -0.384. The Morgan fingerprint density at radius 1 is 1.42 bits per heavy atom. The van der Waals surface area contributed by atoms with Gasteiger partial charge in [0.15, 0.2) is 11.2 Å². The van der Waals surface area contributed by atoms with Crippen molar-refractivity contribution in [2.75, 3.05) is 11.9 Å². The zero-order chi connectivity index (χ0) is 18.1. The van der Waals surface area contributed by atoms with E-state index in [0.717, 1.165) is 0 Å². The van der Waals surface area contributed by atoms with Crippen LogP contribution in [-0.4, -0.2) is 28.9 Å². The van der Waals surface area contributed by atoms with Crippen LogP contribution in [0.5, 0.6) is 0 Å². The van der Waals surface area contributed by atoms with Crippen molar-refractivity contribution >= 4 is 23.1 Å². The highest BCUT2D eigenvalue weighted by Crippen LogP contribution is 2.34. The van der Waals surface area contributed by atoms with E-state index >= 15 is 0 Å². The van der Waals surface area contributed by atoms with Gasteiger partial charge in [-0.15, -0.1) is 0 Å². The molecule has 0 amide bonds. The normalized spacial score (nSPS) is 15.9. The molecule has 8 nitrogen and oxygen atoms in total. The molecule has 1 aliphatic rings. The molecular formula is C16H18N2O6. The number of rotatable bonds is 5. The molecule has 0 aliphatic carbocycles. The molecule has 1 N–H and O–H groups in total. The van der Waals surface area contributed by atoms with Crippen molar-refractivity contribution in [3.8, 4) is 0 Å². The van der Waals surface area contributed by atoms with Gasteiger partial charge in [0.25, 0.3) is 5.69 Å². The summed E-state index contributed by atoms with van der Waals surface area (Å²) in [5, 5.41) is 13.9. The van der Waals surface area contributed by atoms with Crippen LogP contribution in [0.1, 0.15) is 26.3 Å². The summed E-state index contributed by atoms with van der Waals surface area (Å²) in [6.45, 7) is 6.44. The lowest BCUT2D eigenvalue weighted by atomic mass is 10.00. The van der Waals surface area contributed by atoms with Crippen molar-refractivity contribution < 1.29 is 24.0 Å². The Kier molecular flexibility index (Phi) is 4.59. The van der Waals surface area contributed by atoms with Gasteiger partial charge in [-0.1, -0.05) is 6.07 Å². The van der Waals surface area contributed by atoms with Gasteiger partial charge in [0.1, 0.15) is 5.69 Å². The number of ether oxygens (including phenoxy) is 2. The molecule has 8 heteroatoms. The number of nitro groups is 1. The van der Waals surface area contributed by atoms with E-state index in [9.17, 15) is 19.7 Å². The molecule has 0 saturated carbocycles. The van der Waals surface area contributed by atoms with E-state index in [2.05, 4.69) is 5.32 Å². The summed E-state index contributed by atoms with van der Waals surface area (Å²) in [6, 6.07) is 4.54. The number of nitrogens with one attached hydrogen (secondary N) is 1. The van der Waals surface area contributed by atoms with Crippen molar-refractivity contribution in [3.05, 3.63) is 45.3 Å². The van der Waals surface area contributed by atoms with Crippen LogP contribution < -0.4 is 5.32 Å². The Hall–Kier alpha value is -2.90. The predicted octanol–water partition coefficient (Wildman–Crippen LogP) is 2.47. The lowest BCUT2D eigenvalue weighted by Crippen LogP contribution is -2.31. The minimum atomic E-state index is -1.26. The number of hydrogen-bond donors (Lipinski definition) is 1. The largest absolute Gasteiger partial charge is 0.464 e. The van der Waals surface area contributed by atoms with Gasteiger partial charge in [-0.25, -0.2) is 4.79 Å². The fourth-order valence-corrected chi connectivity index (χ4v) is 2.25. The number of hydrogen-bond acceptors (Lipinski definition) is 7. The van der Waals surface area contributed by atoms with E-state index in [1.54, 1.807) is 19.9 Å². The van der Waals surface area contributed by atoms with E-state index in [-0.39, 0.29) is 29.4 Å². The van der Waals surface area contributed by atoms with Gasteiger partial charge in [-0.3, -0.25) is 14.9 Å². The maximum Gasteiger partial charge on any atom is 0.347 e. The van der Waals surface area contributed by atoms with Crippen molar-refractivity contribution in [3.63, 3.8) is 0 Å². The summed E-state index contributed by atoms with van der Waals surface area (Å²) in [5.74, 6) is -1.51. The Balaban J connectivity index is 2.47. The fourth-order valence-electron chi connectivity index (χ4n) is 2.25. The molecule has 0 saturated heterocycles. The number of anilines is 1. The number of Topliss-reactive ketones (excluding diaryl/α,β-unsaturated/α-hetero) is 1. The zero-order valence-electron chi connectivity index (χ0n) is 13.8. The first-order valence-corrected chi connectivity index (χ1v) is 7.34. The first kappa shape index (κ1) is 17.5. The van der Waals surface area contributed by atoms with Crippen LogP contribution >= 0.6 is 0 Å². The van der Waals surface area contributed by atoms with Crippen LogP contribution in [-0.2, 0) is 19.1 Å². The highest BCUT2D eigenvalue weighted by molar-refractivity contribution is 6.22. The van der Waals surface area contributed by atoms with Crippen molar-refractivity contribution in [1.29, 1.82) is 0 Å². The Bertz CT molecular complexity index is 751. The van der Waals surface area contributed by atoms with Crippen LogP contribution in [0.3, 0.4) is 0 Å². The molecule has 0 unspecified atom stereocenters. The quantitative estimate of drug-likeness (QED) is 0.381. The fraction of sp³-hybridized carbons (Fsp3) is 0.375. The number of nitro benzene ring substituents is 1. The SMILES string of the molecule is CCOC(=O)C1=C(Nc2ccc(C)cc2[N+](=O)[O-])OC(C)(C)C1=O. The maximum atomic E-state index is 12.4. The van der Waals surface area contributed by atoms with Crippen LogP contribution in [0, 0.1) is 17.0 Å². The molecule has 0 spiro atoms. The molecule has 0 fully saturated rings. The average molecular weight is 334 g/mol. The topological polar surface area (TPSA) is 108 Å². The zero-order valence-corrected chi connectivity index (χ0v) is 13.8. The molecule has 1 aromatic rings. The van der Waals surface area contributed by atoms with Crippen molar-refractivity contribution in [1.82, 2.24) is 0 Å². The van der Waals surface area contributed by atoms with Gasteiger partial charge in [0.2, 0.25) is 11.7 Å². The molecule has 1 heterocycles. The summed E-state index contributed by atoms with van der Waals surface area (Å²) < 4.78 is 10.4. The second kappa shape index (κ2) is 6.31. The van der Waals surface area contributed by atoms with E-state index in [1.165, 1.54) is 26.0 Å². The third-order valence-corrected chi connectivity index (χ3v) is 3.44. The molecule has 0 atom stereocenters. The first-order chi connectivity index (χ1) is 11.2. The summed E-state index contributed by atoms with van der Waals surface area (Å²) in [6.07, 6.45) is 0. The van der Waals surface area contributed by atoms with E-state index < -0.39 is 22.3 Å². The second-order valence-corrected chi connectivity index (χ2v) is 5.77. The standard InChI is InChI=1S/C16H18N2O6/c1-5-23-15(20)12-13(19)16(3,4)24-14(12)17-10-7-6-9(2)8-11(10)18(21)22/h6-8,17H,5H2,1-4H3. The third-order valence-electron chi connectivity index (χ3n) is 3.44. The van der Waals surface area contributed by atoms with Crippen LogP contribution in [0.4, 0.5) is 11.4 Å². The number of carbonyl (C=O) groups excluding carboxylic acids is 2. The number of nitrogens with zero attached hydrogens (tertiary/aromatic N) is 1. The molecule has 1 aromatic carbocycles. The Labute approximate surface area is 138 Å². The van der Waals surface area contributed by atoms with E-state index in [1.807, 2.05) is 0 Å². The van der Waals surface area contributed by atoms with Gasteiger partial charge in [0.05, 0.1) is 11.5 Å². The first-order valence-electron chi connectivity index (χ1n) is 7.34. The Morgan fingerprint density at radius 3 is 2.67 bits per heavy atom. The van der Waals surface area contributed by atoms with Crippen LogP contribution in [0.15, 0.2) is 29.7 Å². The monoisotopic (exact) mass is 334 g/mol. The van der Waals surface area contributed by atoms with E-state index in [4.69, 9.17) is 9.47 Å². The number of esters is 1. The highest BCUT2D eigenvalue weighted by Gasteiger charge is 2.46. The predicted molar refractivity (Wildman–Crippen MR) is 85.3 cm³/mol. The molecule has 2 rings (SSSR count). The minimum Gasteiger partial charge on any atom is -0.464 e. The number of benzene rings is 1. The Morgan fingerprint density at radius 2 is 2.08 bits per heavy atom. The van der Waals surface area contributed by atoms with Gasteiger partial charge in [0, 0.05) is 6.07 Å². The summed E-state index contributed by atoms with van der Waals surface area (Å²) in [7, 11) is 0. The molecule has 0 radical (unpaired) electrons. The lowest BCUT2D eigenvalue weighted by Gasteiger charge is -2.18. The molecule has 0 aromatic heterocycles. The third kappa shape index (κ3) is 3.22. The molecule has 1 aliphatic heterocycles. The average Bonchev–Trinajstić information content (AvgIpc) is 2.70. The molecule has 128 valence electrons. The van der Waals surface area contributed by atoms with Gasteiger partial charge in [-0.05, 0) is 39.3 Å². The smallest absolute Gasteiger partial charge is 0.347 e. The van der Waals surface area contributed by atoms with Crippen LogP contribution in [0.2, 0.25) is 0 Å². The molecule has 24 heavy (non-hydrogen) atoms. The van der Waals surface area contributed by atoms with E-state index in [0.29, 0.717) is 5.56 Å². The summed E-state index contributed by atoms with van der Waals surface area (Å²) in [5.41, 5.74) is -0.907. The molecule has 0 bridgehead atoms. The van der Waals surface area contributed by atoms with Gasteiger partial charge >= 0.3 is 5.97 Å². The highest BCUT2D eigenvalue weighted by atomic mass is 16.6. The minimum absolute atomic E-state index is 0.0913. The number of carbonyl (C=O) groups is 2. The molecular weight excluding hydrogens is 316 g/mol. The van der Waals surface area contributed by atoms with Gasteiger partial charge in [-0.2, -0.15) is 0 Å². The summed E-state index contributed by atoms with van der Waals surface area (Å²) in [4.78, 5) is 35.1. The van der Waals surface area contributed by atoms with Crippen LogP contribution in [0.25, 0.3) is 0 Å². The maximum absolute atomic E-state index is 12.4. The van der Waals surface area contributed by atoms with Crippen molar-refractivity contribution in [2.45, 2.75) is 33.3 Å². The number of ketones is 1. The van der Waals surface area contributed by atoms with Gasteiger partial charge < -0.3 is 14.8 Å². The number of aryl methyl sites for hydroxylation is 1. The summed E-state index contributed by atoms with van der Waals surface area (Å²) >= 11 is 0.